The number of hydrogen-bond donors (Lipinski definition) is 2. The number of aromatic nitrogens is 2. The highest BCUT2D eigenvalue weighted by Gasteiger charge is 2.05. The van der Waals surface area contributed by atoms with Crippen LogP contribution in [-0.2, 0) is 4.79 Å². The largest absolute Gasteiger partial charge is 0.333 e. The zero-order valence-corrected chi connectivity index (χ0v) is 13.2. The first-order valence-electron chi connectivity index (χ1n) is 7.34. The normalized spacial score (nSPS) is 10.8. The number of fused-ring (bicyclic) bond motifs is 1. The summed E-state index contributed by atoms with van der Waals surface area (Å²) >= 11 is 1.60. The molecule has 1 aromatic heterocycles. The number of H-pyrrole nitrogens is 1. The number of thioether (sulfide) groups is 1. The zero-order chi connectivity index (χ0) is 16.1. The average molecular weight is 329 g/mol. The summed E-state index contributed by atoms with van der Waals surface area (Å²) in [6.45, 7) is 0. The summed E-state index contributed by atoms with van der Waals surface area (Å²) in [5.74, 6) is 0.420. The van der Waals surface area contributed by atoms with Crippen LogP contribution < -0.4 is 5.32 Å². The van der Waals surface area contributed by atoms with Crippen molar-refractivity contribution in [3.63, 3.8) is 0 Å². The van der Waals surface area contributed by atoms with E-state index >= 15 is 0 Å². The fourth-order valence-corrected chi connectivity index (χ4v) is 2.98. The van der Waals surface area contributed by atoms with Crippen molar-refractivity contribution in [2.24, 2.45) is 0 Å². The SMILES string of the molecule is O=C(CCCSc1nc2ccccc2[nH]1)Nc1ccc(F)cc1. The summed E-state index contributed by atoms with van der Waals surface area (Å²) in [7, 11) is 0. The molecule has 0 aliphatic carbocycles. The van der Waals surface area contributed by atoms with Crippen LogP contribution in [0.5, 0.6) is 0 Å². The molecule has 0 spiro atoms. The second-order valence-electron chi connectivity index (χ2n) is 5.07. The van der Waals surface area contributed by atoms with Crippen LogP contribution in [0.1, 0.15) is 12.8 Å². The van der Waals surface area contributed by atoms with Gasteiger partial charge in [-0.2, -0.15) is 0 Å². The van der Waals surface area contributed by atoms with Crippen molar-refractivity contribution in [2.75, 3.05) is 11.1 Å². The van der Waals surface area contributed by atoms with Crippen molar-refractivity contribution in [1.29, 1.82) is 0 Å². The van der Waals surface area contributed by atoms with Gasteiger partial charge in [0.15, 0.2) is 5.16 Å². The zero-order valence-electron chi connectivity index (χ0n) is 12.4. The van der Waals surface area contributed by atoms with E-state index < -0.39 is 0 Å². The number of aromatic amines is 1. The lowest BCUT2D eigenvalue weighted by Crippen LogP contribution is -2.11. The van der Waals surface area contributed by atoms with E-state index in [1.165, 1.54) is 12.1 Å². The molecule has 0 atom stereocenters. The lowest BCUT2D eigenvalue weighted by molar-refractivity contribution is -0.116. The molecule has 6 heteroatoms. The number of carbonyl (C=O) groups is 1. The number of hydrogen-bond acceptors (Lipinski definition) is 3. The molecule has 0 radical (unpaired) electrons. The van der Waals surface area contributed by atoms with Gasteiger partial charge in [0.1, 0.15) is 5.82 Å². The predicted molar refractivity (Wildman–Crippen MR) is 91.1 cm³/mol. The molecule has 2 N–H and O–H groups in total. The van der Waals surface area contributed by atoms with E-state index in [4.69, 9.17) is 0 Å². The lowest BCUT2D eigenvalue weighted by atomic mass is 10.3. The number of halogens is 1. The molecule has 118 valence electrons. The van der Waals surface area contributed by atoms with Gasteiger partial charge >= 0.3 is 0 Å². The van der Waals surface area contributed by atoms with Crippen molar-refractivity contribution in [3.05, 3.63) is 54.3 Å². The average Bonchev–Trinajstić information content (AvgIpc) is 2.96. The number of rotatable bonds is 6. The molecule has 1 heterocycles. The first-order chi connectivity index (χ1) is 11.2. The first-order valence-corrected chi connectivity index (χ1v) is 8.32. The van der Waals surface area contributed by atoms with Crippen LogP contribution in [-0.4, -0.2) is 21.6 Å². The molecule has 0 bridgehead atoms. The molecule has 0 aliphatic heterocycles. The van der Waals surface area contributed by atoms with Gasteiger partial charge in [-0.15, -0.1) is 0 Å². The van der Waals surface area contributed by atoms with Crippen molar-refractivity contribution in [2.45, 2.75) is 18.0 Å². The van der Waals surface area contributed by atoms with Gasteiger partial charge in [0, 0.05) is 17.9 Å². The van der Waals surface area contributed by atoms with Crippen LogP contribution in [0.2, 0.25) is 0 Å². The quantitative estimate of drug-likeness (QED) is 0.526. The summed E-state index contributed by atoms with van der Waals surface area (Å²) in [5, 5.41) is 3.62. The highest BCUT2D eigenvalue weighted by molar-refractivity contribution is 7.99. The molecule has 1 amide bonds. The van der Waals surface area contributed by atoms with E-state index in [1.54, 1.807) is 23.9 Å². The lowest BCUT2D eigenvalue weighted by Gasteiger charge is -2.04. The standard InChI is InChI=1S/C17H16FN3OS/c18-12-7-9-13(10-8-12)19-16(22)6-3-11-23-17-20-14-4-1-2-5-15(14)21-17/h1-2,4-5,7-10H,3,6,11H2,(H,19,22)(H,20,21). The van der Waals surface area contributed by atoms with Gasteiger partial charge in [-0.25, -0.2) is 9.37 Å². The minimum Gasteiger partial charge on any atom is -0.333 e. The maximum Gasteiger partial charge on any atom is 0.224 e. The molecular weight excluding hydrogens is 313 g/mol. The number of nitrogens with one attached hydrogen (secondary N) is 2. The van der Waals surface area contributed by atoms with Gasteiger partial charge < -0.3 is 10.3 Å². The smallest absolute Gasteiger partial charge is 0.224 e. The number of anilines is 1. The first kappa shape index (κ1) is 15.6. The maximum atomic E-state index is 12.8. The Morgan fingerprint density at radius 1 is 1.17 bits per heavy atom. The Kier molecular flexibility index (Phi) is 4.92. The third-order valence-corrected chi connectivity index (χ3v) is 4.24. The molecule has 3 aromatic rings. The molecule has 4 nitrogen and oxygen atoms in total. The number of imidazole rings is 1. The van der Waals surface area contributed by atoms with E-state index in [0.29, 0.717) is 12.1 Å². The molecule has 0 fully saturated rings. The van der Waals surface area contributed by atoms with Crippen LogP contribution in [0.25, 0.3) is 11.0 Å². The minimum atomic E-state index is -0.315. The van der Waals surface area contributed by atoms with Gasteiger partial charge in [-0.05, 0) is 42.8 Å². The van der Waals surface area contributed by atoms with Gasteiger partial charge in [0.25, 0.3) is 0 Å². The summed E-state index contributed by atoms with van der Waals surface area (Å²) in [4.78, 5) is 19.5. The number of nitrogens with zero attached hydrogens (tertiary/aromatic N) is 1. The summed E-state index contributed by atoms with van der Waals surface area (Å²) < 4.78 is 12.8. The van der Waals surface area contributed by atoms with Crippen molar-refractivity contribution >= 4 is 34.4 Å². The number of benzene rings is 2. The Morgan fingerprint density at radius 2 is 1.96 bits per heavy atom. The van der Waals surface area contributed by atoms with E-state index in [9.17, 15) is 9.18 Å². The monoisotopic (exact) mass is 329 g/mol. The van der Waals surface area contributed by atoms with Crippen LogP contribution in [0.4, 0.5) is 10.1 Å². The Hall–Kier alpha value is -2.34. The molecule has 0 saturated carbocycles. The highest BCUT2D eigenvalue weighted by Crippen LogP contribution is 2.20. The maximum absolute atomic E-state index is 12.8. The Balaban J connectivity index is 1.42. The third kappa shape index (κ3) is 4.32. The Morgan fingerprint density at radius 3 is 2.74 bits per heavy atom. The van der Waals surface area contributed by atoms with Crippen molar-refractivity contribution in [1.82, 2.24) is 9.97 Å². The summed E-state index contributed by atoms with van der Waals surface area (Å²) in [5.41, 5.74) is 2.58. The second-order valence-corrected chi connectivity index (χ2v) is 6.15. The predicted octanol–water partition coefficient (Wildman–Crippen LogP) is 4.21. The summed E-state index contributed by atoms with van der Waals surface area (Å²) in [6.07, 6.45) is 1.17. The van der Waals surface area contributed by atoms with Gasteiger partial charge in [0.2, 0.25) is 5.91 Å². The molecule has 0 unspecified atom stereocenters. The fourth-order valence-electron chi connectivity index (χ4n) is 2.16. The van der Waals surface area contributed by atoms with E-state index in [-0.39, 0.29) is 11.7 Å². The molecule has 0 saturated heterocycles. The van der Waals surface area contributed by atoms with E-state index in [0.717, 1.165) is 28.4 Å². The number of amides is 1. The molecular formula is C17H16FN3OS. The van der Waals surface area contributed by atoms with Crippen LogP contribution in [0.15, 0.2) is 53.7 Å². The molecule has 3 rings (SSSR count). The third-order valence-electron chi connectivity index (χ3n) is 3.28. The Labute approximate surface area is 137 Å². The molecule has 23 heavy (non-hydrogen) atoms. The van der Waals surface area contributed by atoms with Crippen molar-refractivity contribution < 1.29 is 9.18 Å². The topological polar surface area (TPSA) is 57.8 Å². The molecule has 0 aliphatic rings. The number of para-hydroxylation sites is 2. The number of carbonyl (C=O) groups excluding carboxylic acids is 1. The minimum absolute atomic E-state index is 0.0678. The highest BCUT2D eigenvalue weighted by atomic mass is 32.2. The van der Waals surface area contributed by atoms with Crippen LogP contribution in [0.3, 0.4) is 0 Å². The van der Waals surface area contributed by atoms with Crippen LogP contribution in [0, 0.1) is 5.82 Å². The van der Waals surface area contributed by atoms with Crippen LogP contribution >= 0.6 is 11.8 Å². The van der Waals surface area contributed by atoms with Gasteiger partial charge in [-0.1, -0.05) is 23.9 Å². The van der Waals surface area contributed by atoms with Gasteiger partial charge in [-0.3, -0.25) is 4.79 Å². The van der Waals surface area contributed by atoms with E-state index in [2.05, 4.69) is 15.3 Å². The van der Waals surface area contributed by atoms with Gasteiger partial charge in [0.05, 0.1) is 11.0 Å². The van der Waals surface area contributed by atoms with E-state index in [1.807, 2.05) is 24.3 Å². The van der Waals surface area contributed by atoms with Crippen molar-refractivity contribution in [3.8, 4) is 0 Å². The summed E-state index contributed by atoms with van der Waals surface area (Å²) in [6, 6.07) is 13.6. The second kappa shape index (κ2) is 7.28. The molecule has 2 aromatic carbocycles. The Bertz CT molecular complexity index is 768. The fraction of sp³-hybridized carbons (Fsp3) is 0.176.